The van der Waals surface area contributed by atoms with Crippen LogP contribution < -0.4 is 9.47 Å². The van der Waals surface area contributed by atoms with Crippen LogP contribution >= 0.6 is 0 Å². The lowest BCUT2D eigenvalue weighted by Gasteiger charge is -2.26. The van der Waals surface area contributed by atoms with Crippen LogP contribution in [0.15, 0.2) is 84.9 Å². The van der Waals surface area contributed by atoms with Gasteiger partial charge < -0.3 is 9.47 Å². The van der Waals surface area contributed by atoms with Gasteiger partial charge in [0.25, 0.3) is 0 Å². The van der Waals surface area contributed by atoms with Gasteiger partial charge in [-0.3, -0.25) is 9.59 Å². The molecule has 0 N–H and O–H groups in total. The molecule has 4 aromatic rings. The van der Waals surface area contributed by atoms with E-state index in [4.69, 9.17) is 9.47 Å². The van der Waals surface area contributed by atoms with E-state index in [1.54, 1.807) is 36.4 Å². The Hall–Kier alpha value is -5.20. The van der Waals surface area contributed by atoms with Gasteiger partial charge in [-0.1, -0.05) is 75.2 Å². The molecule has 0 heterocycles. The highest BCUT2D eigenvalue weighted by Crippen LogP contribution is 2.37. The molecular weight excluding hydrogens is 572 g/mol. The zero-order chi connectivity index (χ0) is 32.5. The number of carbonyl (C=O) groups excluding carboxylic acids is 2. The van der Waals surface area contributed by atoms with Crippen molar-refractivity contribution in [1.29, 1.82) is 10.5 Å². The minimum atomic E-state index is -0.341. The first-order valence-electron chi connectivity index (χ1n) is 16.1. The molecule has 0 saturated heterocycles. The van der Waals surface area contributed by atoms with Crippen molar-refractivity contribution in [3.05, 3.63) is 107 Å². The number of esters is 2. The van der Waals surface area contributed by atoms with Crippen molar-refractivity contribution in [2.45, 2.75) is 65.2 Å². The number of nitriles is 2. The number of carbonyl (C=O) groups is 2. The SMILES string of the molecule is CCCc1ccc(-c2cc(C#N)ccc2OC(=O)C2CCC(C(=O)Oc3ccc(C#N)cc3-c3ccc(CCC)cc3)CC2)cc1. The first kappa shape index (κ1) is 32.2. The van der Waals surface area contributed by atoms with Crippen LogP contribution in [0.3, 0.4) is 0 Å². The number of ether oxygens (including phenoxy) is 2. The lowest BCUT2D eigenvalue weighted by molar-refractivity contribution is -0.145. The summed E-state index contributed by atoms with van der Waals surface area (Å²) < 4.78 is 11.9. The van der Waals surface area contributed by atoms with Gasteiger partial charge in [-0.25, -0.2) is 0 Å². The number of nitrogens with zero attached hydrogens (tertiary/aromatic N) is 2. The van der Waals surface area contributed by atoms with Crippen molar-refractivity contribution in [2.24, 2.45) is 11.8 Å². The Kier molecular flexibility index (Phi) is 10.6. The molecule has 46 heavy (non-hydrogen) atoms. The maximum absolute atomic E-state index is 13.3. The Morgan fingerprint density at radius 3 is 1.30 bits per heavy atom. The van der Waals surface area contributed by atoms with Crippen LogP contribution in [-0.2, 0) is 22.4 Å². The summed E-state index contributed by atoms with van der Waals surface area (Å²) in [7, 11) is 0. The van der Waals surface area contributed by atoms with E-state index in [9.17, 15) is 20.1 Å². The molecule has 0 amide bonds. The van der Waals surface area contributed by atoms with Crippen LogP contribution in [-0.4, -0.2) is 11.9 Å². The van der Waals surface area contributed by atoms with E-state index in [0.717, 1.165) is 36.8 Å². The second-order valence-corrected chi connectivity index (χ2v) is 11.9. The number of rotatable bonds is 10. The molecule has 0 spiro atoms. The van der Waals surface area contributed by atoms with E-state index in [0.29, 0.717) is 59.4 Å². The van der Waals surface area contributed by atoms with Crippen molar-refractivity contribution in [1.82, 2.24) is 0 Å². The Labute approximate surface area is 271 Å². The lowest BCUT2D eigenvalue weighted by atomic mass is 9.82. The number of hydrogen-bond acceptors (Lipinski definition) is 6. The molecule has 6 heteroatoms. The third kappa shape index (κ3) is 7.71. The van der Waals surface area contributed by atoms with E-state index < -0.39 is 0 Å². The molecular formula is C40H38N2O4. The molecule has 1 fully saturated rings. The predicted octanol–water partition coefficient (Wildman–Crippen LogP) is 8.99. The van der Waals surface area contributed by atoms with Crippen molar-refractivity contribution < 1.29 is 19.1 Å². The van der Waals surface area contributed by atoms with Crippen molar-refractivity contribution in [3.8, 4) is 45.9 Å². The van der Waals surface area contributed by atoms with Gasteiger partial charge >= 0.3 is 11.9 Å². The molecule has 1 aliphatic rings. The smallest absolute Gasteiger partial charge is 0.314 e. The minimum Gasteiger partial charge on any atom is -0.426 e. The summed E-state index contributed by atoms with van der Waals surface area (Å²) in [5.41, 5.74) is 6.60. The van der Waals surface area contributed by atoms with Crippen LogP contribution in [0.4, 0.5) is 0 Å². The molecule has 5 rings (SSSR count). The van der Waals surface area contributed by atoms with Gasteiger partial charge in [-0.15, -0.1) is 0 Å². The molecule has 0 bridgehead atoms. The van der Waals surface area contributed by atoms with E-state index >= 15 is 0 Å². The monoisotopic (exact) mass is 610 g/mol. The summed E-state index contributed by atoms with van der Waals surface area (Å²) in [6, 6.07) is 30.8. The molecule has 6 nitrogen and oxygen atoms in total. The molecule has 0 radical (unpaired) electrons. The first-order valence-corrected chi connectivity index (χ1v) is 16.1. The highest BCUT2D eigenvalue weighted by Gasteiger charge is 2.33. The highest BCUT2D eigenvalue weighted by atomic mass is 16.5. The molecule has 0 aliphatic heterocycles. The molecule has 1 aliphatic carbocycles. The zero-order valence-electron chi connectivity index (χ0n) is 26.4. The second kappa shape index (κ2) is 15.2. The number of benzene rings is 4. The first-order chi connectivity index (χ1) is 22.4. The number of hydrogen-bond donors (Lipinski definition) is 0. The second-order valence-electron chi connectivity index (χ2n) is 11.9. The van der Waals surface area contributed by atoms with Crippen molar-refractivity contribution >= 4 is 11.9 Å². The van der Waals surface area contributed by atoms with Crippen LogP contribution in [0.2, 0.25) is 0 Å². The van der Waals surface area contributed by atoms with Crippen LogP contribution in [0.5, 0.6) is 11.5 Å². The summed E-state index contributed by atoms with van der Waals surface area (Å²) in [5.74, 6) is -0.504. The fourth-order valence-electron chi connectivity index (χ4n) is 6.06. The summed E-state index contributed by atoms with van der Waals surface area (Å²) in [4.78, 5) is 26.6. The average Bonchev–Trinajstić information content (AvgIpc) is 3.09. The summed E-state index contributed by atoms with van der Waals surface area (Å²) in [5, 5.41) is 19.0. The summed E-state index contributed by atoms with van der Waals surface area (Å²) in [6.07, 6.45) is 6.11. The Balaban J connectivity index is 1.24. The third-order valence-electron chi connectivity index (χ3n) is 8.64. The maximum Gasteiger partial charge on any atom is 0.314 e. The van der Waals surface area contributed by atoms with Crippen molar-refractivity contribution in [3.63, 3.8) is 0 Å². The quantitative estimate of drug-likeness (QED) is 0.131. The van der Waals surface area contributed by atoms with Gasteiger partial charge in [-0.2, -0.15) is 10.5 Å². The zero-order valence-corrected chi connectivity index (χ0v) is 26.4. The standard InChI is InChI=1S/C40H38N2O4/c1-3-5-27-7-13-31(14-8-27)35-23-29(25-41)11-21-37(35)45-39(43)33-17-19-34(20-18-33)40(44)46-38-22-12-30(26-42)24-36(38)32-15-9-28(6-4-2)10-16-32/h7-16,21-24,33-34H,3-6,17-20H2,1-2H3. The Morgan fingerprint density at radius 1 is 0.609 bits per heavy atom. The van der Waals surface area contributed by atoms with E-state index in [2.05, 4.69) is 50.3 Å². The van der Waals surface area contributed by atoms with Gasteiger partial charge in [0, 0.05) is 11.1 Å². The molecule has 0 aromatic heterocycles. The molecule has 232 valence electrons. The van der Waals surface area contributed by atoms with Gasteiger partial charge in [0.05, 0.1) is 35.1 Å². The Morgan fingerprint density at radius 2 is 0.978 bits per heavy atom. The fraction of sp³-hybridized carbons (Fsp3) is 0.300. The fourth-order valence-corrected chi connectivity index (χ4v) is 6.06. The highest BCUT2D eigenvalue weighted by molar-refractivity contribution is 5.82. The maximum atomic E-state index is 13.3. The Bertz CT molecular complexity index is 1640. The van der Waals surface area contributed by atoms with Gasteiger partial charge in [-0.05, 0) is 97.2 Å². The largest absolute Gasteiger partial charge is 0.426 e. The van der Waals surface area contributed by atoms with Crippen LogP contribution in [0, 0.1) is 34.5 Å². The van der Waals surface area contributed by atoms with E-state index in [-0.39, 0.29) is 23.8 Å². The summed E-state index contributed by atoms with van der Waals surface area (Å²) in [6.45, 7) is 4.27. The number of aryl methyl sites for hydroxylation is 2. The summed E-state index contributed by atoms with van der Waals surface area (Å²) >= 11 is 0. The molecule has 1 saturated carbocycles. The predicted molar refractivity (Wildman–Crippen MR) is 178 cm³/mol. The molecule has 4 aromatic carbocycles. The van der Waals surface area contributed by atoms with Gasteiger partial charge in [0.1, 0.15) is 11.5 Å². The van der Waals surface area contributed by atoms with E-state index in [1.807, 2.05) is 24.3 Å². The average molecular weight is 611 g/mol. The van der Waals surface area contributed by atoms with Gasteiger partial charge in [0.15, 0.2) is 0 Å². The van der Waals surface area contributed by atoms with Crippen LogP contribution in [0.1, 0.15) is 74.6 Å². The van der Waals surface area contributed by atoms with Crippen LogP contribution in [0.25, 0.3) is 22.3 Å². The molecule has 0 atom stereocenters. The van der Waals surface area contributed by atoms with E-state index in [1.165, 1.54) is 11.1 Å². The lowest BCUT2D eigenvalue weighted by Crippen LogP contribution is -2.30. The third-order valence-corrected chi connectivity index (χ3v) is 8.64. The van der Waals surface area contributed by atoms with Crippen molar-refractivity contribution in [2.75, 3.05) is 0 Å². The topological polar surface area (TPSA) is 100 Å². The molecule has 0 unspecified atom stereocenters. The minimum absolute atomic E-state index is 0.332. The normalized spacial score (nSPS) is 15.7. The van der Waals surface area contributed by atoms with Gasteiger partial charge in [0.2, 0.25) is 0 Å².